The topological polar surface area (TPSA) is 73.6 Å². The first-order valence-corrected chi connectivity index (χ1v) is 7.51. The van der Waals surface area contributed by atoms with Gasteiger partial charge in [-0.25, -0.2) is 0 Å². The molecule has 0 aliphatic carbocycles. The van der Waals surface area contributed by atoms with E-state index in [4.69, 9.17) is 9.47 Å². The van der Waals surface area contributed by atoms with E-state index in [1.54, 1.807) is 12.1 Å². The average molecular weight is 314 g/mol. The van der Waals surface area contributed by atoms with Crippen LogP contribution in [0, 0.1) is 17.0 Å². The van der Waals surface area contributed by atoms with Crippen molar-refractivity contribution >= 4 is 11.4 Å². The number of nitrogens with one attached hydrogen (secondary N) is 1. The van der Waals surface area contributed by atoms with Crippen molar-refractivity contribution in [3.63, 3.8) is 0 Å². The molecule has 0 amide bonds. The molecule has 120 valence electrons. The lowest BCUT2D eigenvalue weighted by molar-refractivity contribution is -0.384. The van der Waals surface area contributed by atoms with Crippen molar-refractivity contribution in [2.45, 2.75) is 19.9 Å². The summed E-state index contributed by atoms with van der Waals surface area (Å²) in [7, 11) is 0. The SMILES string of the molecule is Cc1cc([N+](=O)[O-])ccc1NCc1ccc2c(c1)OCCCO2. The smallest absolute Gasteiger partial charge is 0.269 e. The minimum Gasteiger partial charge on any atom is -0.490 e. The summed E-state index contributed by atoms with van der Waals surface area (Å²) in [6, 6.07) is 10.7. The summed E-state index contributed by atoms with van der Waals surface area (Å²) in [5.41, 5.74) is 2.88. The van der Waals surface area contributed by atoms with Crippen LogP contribution in [-0.2, 0) is 6.54 Å². The van der Waals surface area contributed by atoms with Gasteiger partial charge in [0.25, 0.3) is 5.69 Å². The number of hydrogen-bond acceptors (Lipinski definition) is 5. The van der Waals surface area contributed by atoms with Crippen LogP contribution in [0.25, 0.3) is 0 Å². The highest BCUT2D eigenvalue weighted by molar-refractivity contribution is 5.56. The number of non-ortho nitro benzene ring substituents is 1. The number of aryl methyl sites for hydroxylation is 1. The van der Waals surface area contributed by atoms with Crippen molar-refractivity contribution in [1.82, 2.24) is 0 Å². The Balaban J connectivity index is 1.71. The van der Waals surface area contributed by atoms with Crippen molar-refractivity contribution in [3.05, 3.63) is 57.6 Å². The van der Waals surface area contributed by atoms with E-state index < -0.39 is 0 Å². The minimum atomic E-state index is -0.388. The number of hydrogen-bond donors (Lipinski definition) is 1. The van der Waals surface area contributed by atoms with Gasteiger partial charge in [0.2, 0.25) is 0 Å². The fraction of sp³-hybridized carbons (Fsp3) is 0.294. The maximum absolute atomic E-state index is 10.8. The third-order valence-electron chi connectivity index (χ3n) is 3.72. The standard InChI is InChI=1S/C17H18N2O4/c1-12-9-14(19(20)21)4-5-15(12)18-11-13-3-6-16-17(10-13)23-8-2-7-22-16/h3-6,9-10,18H,2,7-8,11H2,1H3. The lowest BCUT2D eigenvalue weighted by Crippen LogP contribution is -2.02. The van der Waals surface area contributed by atoms with Gasteiger partial charge < -0.3 is 14.8 Å². The Morgan fingerprint density at radius 2 is 1.91 bits per heavy atom. The molecule has 0 saturated carbocycles. The van der Waals surface area contributed by atoms with Gasteiger partial charge >= 0.3 is 0 Å². The molecule has 6 heteroatoms. The van der Waals surface area contributed by atoms with E-state index in [9.17, 15) is 10.1 Å². The number of benzene rings is 2. The van der Waals surface area contributed by atoms with Crippen LogP contribution in [-0.4, -0.2) is 18.1 Å². The van der Waals surface area contributed by atoms with E-state index in [1.807, 2.05) is 25.1 Å². The molecule has 0 fully saturated rings. The third-order valence-corrected chi connectivity index (χ3v) is 3.72. The fourth-order valence-electron chi connectivity index (χ4n) is 2.47. The van der Waals surface area contributed by atoms with E-state index in [0.29, 0.717) is 19.8 Å². The number of fused-ring (bicyclic) bond motifs is 1. The molecule has 0 unspecified atom stereocenters. The number of nitrogens with zero attached hydrogens (tertiary/aromatic N) is 1. The van der Waals surface area contributed by atoms with Crippen LogP contribution in [0.15, 0.2) is 36.4 Å². The highest BCUT2D eigenvalue weighted by Crippen LogP contribution is 2.31. The zero-order chi connectivity index (χ0) is 16.2. The van der Waals surface area contributed by atoms with Gasteiger partial charge in [0.05, 0.1) is 18.1 Å². The van der Waals surface area contributed by atoms with Gasteiger partial charge in [-0.3, -0.25) is 10.1 Å². The van der Waals surface area contributed by atoms with Crippen LogP contribution in [0.3, 0.4) is 0 Å². The largest absolute Gasteiger partial charge is 0.490 e. The van der Waals surface area contributed by atoms with E-state index in [0.717, 1.165) is 34.7 Å². The lowest BCUT2D eigenvalue weighted by atomic mass is 10.1. The Morgan fingerprint density at radius 1 is 1.13 bits per heavy atom. The average Bonchev–Trinajstić information content (AvgIpc) is 2.78. The normalized spacial score (nSPS) is 13.3. The first-order valence-electron chi connectivity index (χ1n) is 7.51. The molecule has 1 N–H and O–H groups in total. The second-order valence-electron chi connectivity index (χ2n) is 5.44. The number of ether oxygens (including phenoxy) is 2. The predicted molar refractivity (Wildman–Crippen MR) is 87.2 cm³/mol. The van der Waals surface area contributed by atoms with Crippen LogP contribution >= 0.6 is 0 Å². The molecule has 0 saturated heterocycles. The Morgan fingerprint density at radius 3 is 2.65 bits per heavy atom. The Kier molecular flexibility index (Phi) is 4.32. The number of anilines is 1. The second kappa shape index (κ2) is 6.56. The highest BCUT2D eigenvalue weighted by atomic mass is 16.6. The summed E-state index contributed by atoms with van der Waals surface area (Å²) >= 11 is 0. The van der Waals surface area contributed by atoms with Gasteiger partial charge in [-0.2, -0.15) is 0 Å². The molecule has 1 aliphatic heterocycles. The van der Waals surface area contributed by atoms with Crippen LogP contribution in [0.2, 0.25) is 0 Å². The molecular formula is C17H18N2O4. The Bertz CT molecular complexity index is 731. The molecule has 3 rings (SSSR count). The van der Waals surface area contributed by atoms with Crippen molar-refractivity contribution in [2.75, 3.05) is 18.5 Å². The van der Waals surface area contributed by atoms with Gasteiger partial charge in [-0.15, -0.1) is 0 Å². The number of rotatable bonds is 4. The summed E-state index contributed by atoms with van der Waals surface area (Å²) < 4.78 is 11.3. The minimum absolute atomic E-state index is 0.101. The van der Waals surface area contributed by atoms with Crippen LogP contribution in [0.4, 0.5) is 11.4 Å². The Labute approximate surface area is 134 Å². The van der Waals surface area contributed by atoms with Gasteiger partial charge in [-0.05, 0) is 36.2 Å². The van der Waals surface area contributed by atoms with E-state index in [2.05, 4.69) is 5.32 Å². The number of nitro benzene ring substituents is 1. The predicted octanol–water partition coefficient (Wildman–Crippen LogP) is 3.68. The van der Waals surface area contributed by atoms with Gasteiger partial charge in [0, 0.05) is 30.8 Å². The lowest BCUT2D eigenvalue weighted by Gasteiger charge is -2.12. The Hall–Kier alpha value is -2.76. The monoisotopic (exact) mass is 314 g/mol. The van der Waals surface area contributed by atoms with E-state index >= 15 is 0 Å². The summed E-state index contributed by atoms with van der Waals surface area (Å²) in [6.07, 6.45) is 0.879. The molecule has 0 radical (unpaired) electrons. The molecule has 0 spiro atoms. The number of nitro groups is 1. The molecule has 1 heterocycles. The molecule has 0 bridgehead atoms. The van der Waals surface area contributed by atoms with Crippen LogP contribution < -0.4 is 14.8 Å². The molecule has 6 nitrogen and oxygen atoms in total. The molecule has 0 atom stereocenters. The van der Waals surface area contributed by atoms with E-state index in [1.165, 1.54) is 6.07 Å². The van der Waals surface area contributed by atoms with Crippen LogP contribution in [0.5, 0.6) is 11.5 Å². The molecular weight excluding hydrogens is 296 g/mol. The van der Waals surface area contributed by atoms with Crippen LogP contribution in [0.1, 0.15) is 17.5 Å². The molecule has 2 aromatic rings. The molecule has 0 aromatic heterocycles. The highest BCUT2D eigenvalue weighted by Gasteiger charge is 2.11. The van der Waals surface area contributed by atoms with E-state index in [-0.39, 0.29) is 10.6 Å². The first-order chi connectivity index (χ1) is 11.1. The zero-order valence-corrected chi connectivity index (χ0v) is 12.9. The summed E-state index contributed by atoms with van der Waals surface area (Å²) in [5.74, 6) is 1.54. The quantitative estimate of drug-likeness (QED) is 0.688. The van der Waals surface area contributed by atoms with Crippen molar-refractivity contribution in [2.24, 2.45) is 0 Å². The zero-order valence-electron chi connectivity index (χ0n) is 12.9. The van der Waals surface area contributed by atoms with Gasteiger partial charge in [0.15, 0.2) is 11.5 Å². The second-order valence-corrected chi connectivity index (χ2v) is 5.44. The van der Waals surface area contributed by atoms with Gasteiger partial charge in [-0.1, -0.05) is 6.07 Å². The van der Waals surface area contributed by atoms with Gasteiger partial charge in [0.1, 0.15) is 0 Å². The van der Waals surface area contributed by atoms with Crippen molar-refractivity contribution in [1.29, 1.82) is 0 Å². The summed E-state index contributed by atoms with van der Waals surface area (Å²) in [5, 5.41) is 14.1. The maximum Gasteiger partial charge on any atom is 0.269 e. The van der Waals surface area contributed by atoms with Crippen molar-refractivity contribution < 1.29 is 14.4 Å². The molecule has 2 aromatic carbocycles. The summed E-state index contributed by atoms with van der Waals surface area (Å²) in [4.78, 5) is 10.4. The fourth-order valence-corrected chi connectivity index (χ4v) is 2.47. The first kappa shape index (κ1) is 15.1. The third kappa shape index (κ3) is 3.53. The molecule has 23 heavy (non-hydrogen) atoms. The summed E-state index contributed by atoms with van der Waals surface area (Å²) in [6.45, 7) is 3.79. The van der Waals surface area contributed by atoms with Crippen molar-refractivity contribution in [3.8, 4) is 11.5 Å². The molecule has 1 aliphatic rings. The maximum atomic E-state index is 10.8.